The molecular formula is C17H11N3O2. The van der Waals surface area contributed by atoms with Crippen LogP contribution in [0.1, 0.15) is 10.4 Å². The second-order valence-corrected chi connectivity index (χ2v) is 5.07. The van der Waals surface area contributed by atoms with Gasteiger partial charge in [0, 0.05) is 22.5 Å². The number of carboxylic acid groups (broad SMARTS) is 1. The summed E-state index contributed by atoms with van der Waals surface area (Å²) in [7, 11) is 0. The zero-order valence-corrected chi connectivity index (χ0v) is 11.4. The first-order chi connectivity index (χ1) is 10.7. The SMILES string of the molecule is O=C(O)c1ccc2cc(-c3cccc4[nH]ncc34)cnc2c1. The van der Waals surface area contributed by atoms with Crippen LogP contribution in [0.4, 0.5) is 0 Å². The Hall–Kier alpha value is -3.21. The van der Waals surface area contributed by atoms with E-state index in [2.05, 4.69) is 15.2 Å². The molecule has 0 saturated heterocycles. The fourth-order valence-corrected chi connectivity index (χ4v) is 2.62. The number of nitrogens with zero attached hydrogens (tertiary/aromatic N) is 2. The Morgan fingerprint density at radius 1 is 1.09 bits per heavy atom. The Bertz CT molecular complexity index is 1020. The Morgan fingerprint density at radius 3 is 2.86 bits per heavy atom. The van der Waals surface area contributed by atoms with Gasteiger partial charge in [0.25, 0.3) is 0 Å². The minimum atomic E-state index is -0.948. The predicted molar refractivity (Wildman–Crippen MR) is 83.8 cm³/mol. The monoisotopic (exact) mass is 289 g/mol. The minimum Gasteiger partial charge on any atom is -0.478 e. The maximum Gasteiger partial charge on any atom is 0.335 e. The number of rotatable bonds is 2. The number of carbonyl (C=O) groups is 1. The Balaban J connectivity index is 1.91. The van der Waals surface area contributed by atoms with Crippen LogP contribution in [0.2, 0.25) is 0 Å². The number of aromatic carboxylic acids is 1. The van der Waals surface area contributed by atoms with Crippen molar-refractivity contribution in [2.75, 3.05) is 0 Å². The standard InChI is InChI=1S/C17H11N3O2/c21-17(22)11-5-4-10-6-12(8-18-16(10)7-11)13-2-1-3-15-14(13)9-19-20-15/h1-9H,(H,19,20)(H,21,22). The molecule has 0 atom stereocenters. The average Bonchev–Trinajstić information content (AvgIpc) is 3.02. The summed E-state index contributed by atoms with van der Waals surface area (Å²) in [5.74, 6) is -0.948. The van der Waals surface area contributed by atoms with Crippen LogP contribution >= 0.6 is 0 Å². The van der Waals surface area contributed by atoms with E-state index in [9.17, 15) is 4.79 Å². The van der Waals surface area contributed by atoms with Gasteiger partial charge in [-0.1, -0.05) is 18.2 Å². The second-order valence-electron chi connectivity index (χ2n) is 5.07. The van der Waals surface area contributed by atoms with Gasteiger partial charge in [0.05, 0.1) is 22.8 Å². The molecular weight excluding hydrogens is 278 g/mol. The molecule has 0 fully saturated rings. The van der Waals surface area contributed by atoms with E-state index in [0.717, 1.165) is 27.4 Å². The molecule has 0 bridgehead atoms. The highest BCUT2D eigenvalue weighted by atomic mass is 16.4. The van der Waals surface area contributed by atoms with E-state index in [1.165, 1.54) is 0 Å². The van der Waals surface area contributed by atoms with Gasteiger partial charge >= 0.3 is 5.97 Å². The smallest absolute Gasteiger partial charge is 0.335 e. The van der Waals surface area contributed by atoms with Gasteiger partial charge in [-0.15, -0.1) is 0 Å². The number of pyridine rings is 1. The van der Waals surface area contributed by atoms with Gasteiger partial charge in [-0.2, -0.15) is 5.10 Å². The first kappa shape index (κ1) is 12.5. The Morgan fingerprint density at radius 2 is 2.00 bits per heavy atom. The van der Waals surface area contributed by atoms with Crippen LogP contribution in [-0.2, 0) is 0 Å². The molecule has 0 radical (unpaired) electrons. The van der Waals surface area contributed by atoms with Crippen LogP contribution in [0.5, 0.6) is 0 Å². The van der Waals surface area contributed by atoms with Gasteiger partial charge in [0.1, 0.15) is 0 Å². The highest BCUT2D eigenvalue weighted by Gasteiger charge is 2.08. The summed E-state index contributed by atoms with van der Waals surface area (Å²) in [4.78, 5) is 15.4. The van der Waals surface area contributed by atoms with Crippen molar-refractivity contribution in [2.45, 2.75) is 0 Å². The van der Waals surface area contributed by atoms with Gasteiger partial charge in [0.2, 0.25) is 0 Å². The predicted octanol–water partition coefficient (Wildman–Crippen LogP) is 3.48. The van der Waals surface area contributed by atoms with Crippen molar-refractivity contribution in [3.63, 3.8) is 0 Å². The fourth-order valence-electron chi connectivity index (χ4n) is 2.62. The number of fused-ring (bicyclic) bond motifs is 2. The van der Waals surface area contributed by atoms with Crippen molar-refractivity contribution >= 4 is 27.8 Å². The average molecular weight is 289 g/mol. The van der Waals surface area contributed by atoms with Gasteiger partial charge in [-0.05, 0) is 29.8 Å². The van der Waals surface area contributed by atoms with E-state index < -0.39 is 5.97 Å². The third-order valence-corrected chi connectivity index (χ3v) is 3.73. The molecule has 4 rings (SSSR count). The lowest BCUT2D eigenvalue weighted by Crippen LogP contribution is -1.96. The number of carboxylic acids is 1. The van der Waals surface area contributed by atoms with E-state index in [1.807, 2.05) is 24.3 Å². The van der Waals surface area contributed by atoms with Gasteiger partial charge < -0.3 is 5.11 Å². The summed E-state index contributed by atoms with van der Waals surface area (Å²) in [6.07, 6.45) is 3.55. The minimum absolute atomic E-state index is 0.240. The number of benzene rings is 2. The summed E-state index contributed by atoms with van der Waals surface area (Å²) in [6.45, 7) is 0. The van der Waals surface area contributed by atoms with Crippen LogP contribution in [0.15, 0.2) is 54.9 Å². The van der Waals surface area contributed by atoms with Crippen LogP contribution in [-0.4, -0.2) is 26.3 Å². The zero-order chi connectivity index (χ0) is 15.1. The number of hydrogen-bond donors (Lipinski definition) is 2. The summed E-state index contributed by atoms with van der Waals surface area (Å²) >= 11 is 0. The summed E-state index contributed by atoms with van der Waals surface area (Å²) < 4.78 is 0. The van der Waals surface area contributed by atoms with E-state index in [-0.39, 0.29) is 5.56 Å². The molecule has 2 N–H and O–H groups in total. The molecule has 4 aromatic rings. The van der Waals surface area contributed by atoms with E-state index in [0.29, 0.717) is 5.52 Å². The molecule has 5 heteroatoms. The molecule has 0 spiro atoms. The molecule has 0 aliphatic rings. The van der Waals surface area contributed by atoms with Crippen molar-refractivity contribution in [1.82, 2.24) is 15.2 Å². The third-order valence-electron chi connectivity index (χ3n) is 3.73. The molecule has 0 unspecified atom stereocenters. The van der Waals surface area contributed by atoms with Crippen molar-refractivity contribution in [3.05, 3.63) is 60.4 Å². The fraction of sp³-hybridized carbons (Fsp3) is 0. The van der Waals surface area contributed by atoms with Crippen molar-refractivity contribution < 1.29 is 9.90 Å². The summed E-state index contributed by atoms with van der Waals surface area (Å²) in [5.41, 5.74) is 3.90. The van der Waals surface area contributed by atoms with Crippen LogP contribution < -0.4 is 0 Å². The van der Waals surface area contributed by atoms with Crippen LogP contribution in [0.25, 0.3) is 32.9 Å². The maximum atomic E-state index is 11.0. The number of hydrogen-bond acceptors (Lipinski definition) is 3. The second kappa shape index (κ2) is 4.66. The molecule has 0 saturated carbocycles. The van der Waals surface area contributed by atoms with E-state index >= 15 is 0 Å². The maximum absolute atomic E-state index is 11.0. The number of aromatic nitrogens is 3. The zero-order valence-electron chi connectivity index (χ0n) is 11.4. The van der Waals surface area contributed by atoms with Crippen molar-refractivity contribution in [2.24, 2.45) is 0 Å². The van der Waals surface area contributed by atoms with Crippen molar-refractivity contribution in [3.8, 4) is 11.1 Å². The van der Waals surface area contributed by atoms with Gasteiger partial charge in [-0.25, -0.2) is 4.79 Å². The first-order valence-electron chi connectivity index (χ1n) is 6.78. The molecule has 22 heavy (non-hydrogen) atoms. The summed E-state index contributed by atoms with van der Waals surface area (Å²) in [5, 5.41) is 18.0. The quantitative estimate of drug-likeness (QED) is 0.592. The number of aromatic amines is 1. The highest BCUT2D eigenvalue weighted by molar-refractivity contribution is 5.97. The molecule has 0 aliphatic heterocycles. The lowest BCUT2D eigenvalue weighted by Gasteiger charge is -2.05. The van der Waals surface area contributed by atoms with Crippen molar-refractivity contribution in [1.29, 1.82) is 0 Å². The molecule has 5 nitrogen and oxygen atoms in total. The molecule has 2 aromatic heterocycles. The molecule has 0 aliphatic carbocycles. The van der Waals surface area contributed by atoms with Gasteiger partial charge in [-0.3, -0.25) is 10.1 Å². The summed E-state index contributed by atoms with van der Waals surface area (Å²) in [6, 6.07) is 12.9. The first-order valence-corrected chi connectivity index (χ1v) is 6.78. The van der Waals surface area contributed by atoms with Crippen LogP contribution in [0, 0.1) is 0 Å². The largest absolute Gasteiger partial charge is 0.478 e. The number of H-pyrrole nitrogens is 1. The highest BCUT2D eigenvalue weighted by Crippen LogP contribution is 2.29. The molecule has 0 amide bonds. The molecule has 2 heterocycles. The van der Waals surface area contributed by atoms with E-state index in [4.69, 9.17) is 5.11 Å². The Labute approximate surface area is 125 Å². The molecule has 106 valence electrons. The molecule has 2 aromatic carbocycles. The Kier molecular flexibility index (Phi) is 2.66. The lowest BCUT2D eigenvalue weighted by atomic mass is 10.0. The van der Waals surface area contributed by atoms with Crippen LogP contribution in [0.3, 0.4) is 0 Å². The topological polar surface area (TPSA) is 78.9 Å². The normalized spacial score (nSPS) is 11.1. The lowest BCUT2D eigenvalue weighted by molar-refractivity contribution is 0.0697. The third kappa shape index (κ3) is 1.91. The number of nitrogens with one attached hydrogen (secondary N) is 1. The van der Waals surface area contributed by atoms with E-state index in [1.54, 1.807) is 30.6 Å². The van der Waals surface area contributed by atoms with Gasteiger partial charge in [0.15, 0.2) is 0 Å².